The van der Waals surface area contributed by atoms with E-state index < -0.39 is 0 Å². The lowest BCUT2D eigenvalue weighted by molar-refractivity contribution is 0.0939. The number of ether oxygens (including phenoxy) is 2. The van der Waals surface area contributed by atoms with Gasteiger partial charge in [-0.05, 0) is 12.5 Å². The van der Waals surface area contributed by atoms with Crippen molar-refractivity contribution in [3.63, 3.8) is 0 Å². The second-order valence-corrected chi connectivity index (χ2v) is 5.49. The van der Waals surface area contributed by atoms with Gasteiger partial charge in [0.25, 0.3) is 5.91 Å². The van der Waals surface area contributed by atoms with E-state index in [0.717, 1.165) is 36.7 Å². The first kappa shape index (κ1) is 15.3. The van der Waals surface area contributed by atoms with Crippen molar-refractivity contribution >= 4 is 11.6 Å². The Morgan fingerprint density at radius 3 is 2.61 bits per heavy atom. The van der Waals surface area contributed by atoms with E-state index >= 15 is 0 Å². The second kappa shape index (κ2) is 6.64. The van der Waals surface area contributed by atoms with E-state index in [2.05, 4.69) is 10.2 Å². The van der Waals surface area contributed by atoms with E-state index in [1.54, 1.807) is 20.3 Å². The minimum Gasteiger partial charge on any atom is -0.497 e. The van der Waals surface area contributed by atoms with Crippen molar-refractivity contribution < 1.29 is 18.7 Å². The Balaban J connectivity index is 1.66. The number of rotatable bonds is 5. The van der Waals surface area contributed by atoms with Gasteiger partial charge in [0.2, 0.25) is 0 Å². The van der Waals surface area contributed by atoms with Crippen molar-refractivity contribution in [2.75, 3.05) is 32.2 Å². The van der Waals surface area contributed by atoms with E-state index in [0.29, 0.717) is 5.56 Å². The lowest BCUT2D eigenvalue weighted by Gasteiger charge is -2.20. The monoisotopic (exact) mass is 316 g/mol. The summed E-state index contributed by atoms with van der Waals surface area (Å²) in [5, 5.41) is 3.04. The molecule has 0 aliphatic carbocycles. The van der Waals surface area contributed by atoms with Crippen molar-refractivity contribution in [2.45, 2.75) is 12.5 Å². The lowest BCUT2D eigenvalue weighted by Crippen LogP contribution is -2.36. The topological polar surface area (TPSA) is 63.9 Å². The van der Waals surface area contributed by atoms with Gasteiger partial charge in [-0.1, -0.05) is 0 Å². The predicted molar refractivity (Wildman–Crippen MR) is 86.3 cm³/mol. The Bertz CT molecular complexity index is 647. The summed E-state index contributed by atoms with van der Waals surface area (Å²) in [4.78, 5) is 14.3. The fourth-order valence-corrected chi connectivity index (χ4v) is 2.75. The van der Waals surface area contributed by atoms with Gasteiger partial charge in [0.1, 0.15) is 17.8 Å². The molecule has 0 radical (unpaired) electrons. The molecule has 1 atom stereocenters. The largest absolute Gasteiger partial charge is 0.497 e. The average molecular weight is 316 g/mol. The average Bonchev–Trinajstić information content (AvgIpc) is 3.26. The Hall–Kier alpha value is -2.63. The number of nitrogens with zero attached hydrogens (tertiary/aromatic N) is 1. The van der Waals surface area contributed by atoms with Crippen LogP contribution in [0.3, 0.4) is 0 Å². The number of carbonyl (C=O) groups excluding carboxylic acids is 1. The van der Waals surface area contributed by atoms with E-state index in [1.165, 1.54) is 12.5 Å². The molecule has 0 bridgehead atoms. The fraction of sp³-hybridized carbons (Fsp3) is 0.353. The summed E-state index contributed by atoms with van der Waals surface area (Å²) in [5.74, 6) is 1.41. The predicted octanol–water partition coefficient (Wildman–Crippen LogP) is 2.31. The minimum absolute atomic E-state index is 0.103. The molecular weight excluding hydrogens is 296 g/mol. The summed E-state index contributed by atoms with van der Waals surface area (Å²) < 4.78 is 15.6. The number of methoxy groups -OCH3 is 2. The van der Waals surface area contributed by atoms with Gasteiger partial charge in [-0.2, -0.15) is 0 Å². The van der Waals surface area contributed by atoms with Crippen LogP contribution in [0.2, 0.25) is 0 Å². The zero-order chi connectivity index (χ0) is 16.2. The fourth-order valence-electron chi connectivity index (χ4n) is 2.75. The zero-order valence-corrected chi connectivity index (χ0v) is 13.2. The molecule has 2 heterocycles. The van der Waals surface area contributed by atoms with Gasteiger partial charge >= 0.3 is 0 Å². The van der Waals surface area contributed by atoms with Crippen LogP contribution in [-0.2, 0) is 0 Å². The molecule has 1 fully saturated rings. The molecule has 0 saturated carbocycles. The highest BCUT2D eigenvalue weighted by atomic mass is 16.5. The normalized spacial score (nSPS) is 17.1. The van der Waals surface area contributed by atoms with Gasteiger partial charge in [-0.25, -0.2) is 0 Å². The van der Waals surface area contributed by atoms with Crippen molar-refractivity contribution in [1.29, 1.82) is 0 Å². The molecular formula is C17H20N2O4. The maximum atomic E-state index is 12.1. The highest BCUT2D eigenvalue weighted by molar-refractivity contribution is 5.94. The number of hydrogen-bond acceptors (Lipinski definition) is 5. The summed E-state index contributed by atoms with van der Waals surface area (Å²) in [5.41, 5.74) is 1.58. The molecule has 3 rings (SSSR count). The first-order chi connectivity index (χ1) is 11.2. The Morgan fingerprint density at radius 2 is 2.00 bits per heavy atom. The Kier molecular flexibility index (Phi) is 4.41. The molecule has 1 aromatic carbocycles. The van der Waals surface area contributed by atoms with Crippen molar-refractivity contribution in [2.24, 2.45) is 0 Å². The molecule has 0 unspecified atom stereocenters. The van der Waals surface area contributed by atoms with Crippen molar-refractivity contribution in [1.82, 2.24) is 5.32 Å². The second-order valence-electron chi connectivity index (χ2n) is 5.49. The quantitative estimate of drug-likeness (QED) is 0.917. The van der Waals surface area contributed by atoms with E-state index in [1.807, 2.05) is 18.2 Å². The number of hydrogen-bond donors (Lipinski definition) is 1. The van der Waals surface area contributed by atoms with Crippen molar-refractivity contribution in [3.05, 3.63) is 42.4 Å². The summed E-state index contributed by atoms with van der Waals surface area (Å²) in [6.07, 6.45) is 3.84. The molecule has 1 aliphatic heterocycles. The number of anilines is 1. The van der Waals surface area contributed by atoms with E-state index in [-0.39, 0.29) is 11.9 Å². The van der Waals surface area contributed by atoms with Gasteiger partial charge in [-0.3, -0.25) is 4.79 Å². The standard InChI is InChI=1S/C17H20N2O4/c1-21-15-7-14(8-16(9-15)22-2)19-5-3-13(10-19)18-17(20)12-4-6-23-11-12/h4,6-9,11,13H,3,5,10H2,1-2H3,(H,18,20)/t13-/m0/s1. The van der Waals surface area contributed by atoms with Crippen LogP contribution in [0.15, 0.2) is 41.2 Å². The molecule has 6 nitrogen and oxygen atoms in total. The summed E-state index contributed by atoms with van der Waals surface area (Å²) in [6.45, 7) is 1.62. The van der Waals surface area contributed by atoms with Crippen molar-refractivity contribution in [3.8, 4) is 11.5 Å². The molecule has 23 heavy (non-hydrogen) atoms. The smallest absolute Gasteiger partial charge is 0.254 e. The molecule has 2 aromatic rings. The third-order valence-corrected chi connectivity index (χ3v) is 4.01. The molecule has 1 amide bonds. The zero-order valence-electron chi connectivity index (χ0n) is 13.2. The maximum Gasteiger partial charge on any atom is 0.254 e. The van der Waals surface area contributed by atoms with Crippen LogP contribution in [0, 0.1) is 0 Å². The molecule has 1 saturated heterocycles. The number of nitrogens with one attached hydrogen (secondary N) is 1. The van der Waals surface area contributed by atoms with Crippen LogP contribution >= 0.6 is 0 Å². The molecule has 0 spiro atoms. The molecule has 1 aliphatic rings. The van der Waals surface area contributed by atoms with Gasteiger partial charge in [0.05, 0.1) is 26.0 Å². The summed E-state index contributed by atoms with van der Waals surface area (Å²) in [6, 6.07) is 7.56. The van der Waals surface area contributed by atoms with Gasteiger partial charge < -0.3 is 24.1 Å². The summed E-state index contributed by atoms with van der Waals surface area (Å²) >= 11 is 0. The first-order valence-electron chi connectivity index (χ1n) is 7.50. The Morgan fingerprint density at radius 1 is 1.26 bits per heavy atom. The highest BCUT2D eigenvalue weighted by Gasteiger charge is 2.25. The van der Waals surface area contributed by atoms with Crippen LogP contribution < -0.4 is 19.7 Å². The van der Waals surface area contributed by atoms with Crippen LogP contribution in [0.5, 0.6) is 11.5 Å². The maximum absolute atomic E-state index is 12.1. The molecule has 122 valence electrons. The van der Waals surface area contributed by atoms with Gasteiger partial charge in [-0.15, -0.1) is 0 Å². The molecule has 1 N–H and O–H groups in total. The highest BCUT2D eigenvalue weighted by Crippen LogP contribution is 2.30. The van der Waals surface area contributed by atoms with E-state index in [4.69, 9.17) is 13.9 Å². The van der Waals surface area contributed by atoms with E-state index in [9.17, 15) is 4.79 Å². The minimum atomic E-state index is -0.103. The first-order valence-corrected chi connectivity index (χ1v) is 7.50. The van der Waals surface area contributed by atoms with Gasteiger partial charge in [0.15, 0.2) is 0 Å². The molecule has 1 aromatic heterocycles. The van der Waals surface area contributed by atoms with Crippen LogP contribution in [0.25, 0.3) is 0 Å². The summed E-state index contributed by atoms with van der Waals surface area (Å²) in [7, 11) is 3.27. The SMILES string of the molecule is COc1cc(OC)cc(N2CC[C@H](NC(=O)c3ccoc3)C2)c1. The van der Waals surface area contributed by atoms with Crippen LogP contribution in [0.4, 0.5) is 5.69 Å². The molecule has 6 heteroatoms. The number of furan rings is 1. The van der Waals surface area contributed by atoms with Gasteiger partial charge in [0, 0.05) is 43.0 Å². The lowest BCUT2D eigenvalue weighted by atomic mass is 10.2. The van der Waals surface area contributed by atoms with Crippen LogP contribution in [0.1, 0.15) is 16.8 Å². The third kappa shape index (κ3) is 3.41. The Labute approximate surface area is 135 Å². The third-order valence-electron chi connectivity index (χ3n) is 4.01. The van der Waals surface area contributed by atoms with Crippen LogP contribution in [-0.4, -0.2) is 39.3 Å². The number of benzene rings is 1. The number of amides is 1. The number of carbonyl (C=O) groups is 1.